The monoisotopic (exact) mass is 199 g/mol. The van der Waals surface area contributed by atoms with Crippen molar-refractivity contribution >= 4 is 0 Å². The van der Waals surface area contributed by atoms with Gasteiger partial charge in [-0.2, -0.15) is 0 Å². The summed E-state index contributed by atoms with van der Waals surface area (Å²) in [5.74, 6) is 0. The lowest BCUT2D eigenvalue weighted by atomic mass is 9.74. The van der Waals surface area contributed by atoms with Crippen LogP contribution in [0.5, 0.6) is 0 Å². The average molecular weight is 199 g/mol. The Morgan fingerprint density at radius 1 is 0.714 bits per heavy atom. The quantitative estimate of drug-likeness (QED) is 0.419. The molecule has 86 valence electrons. The fraction of sp³-hybridized carbons (Fsp3) is 1.00. The summed E-state index contributed by atoms with van der Waals surface area (Å²) in [4.78, 5) is 0. The molecule has 0 aromatic rings. The van der Waals surface area contributed by atoms with E-state index in [4.69, 9.17) is 0 Å². The van der Waals surface area contributed by atoms with Gasteiger partial charge in [0.15, 0.2) is 0 Å². The highest BCUT2D eigenvalue weighted by Gasteiger charge is 2.23. The Morgan fingerprint density at radius 2 is 1.36 bits per heavy atom. The summed E-state index contributed by atoms with van der Waals surface area (Å²) in [6.45, 7) is 9.36. The van der Waals surface area contributed by atoms with Gasteiger partial charge in [-0.3, -0.25) is 0 Å². The summed E-state index contributed by atoms with van der Waals surface area (Å²) in [5.41, 5.74) is 0.683. The van der Waals surface area contributed by atoms with Gasteiger partial charge in [0.2, 0.25) is 0 Å². The molecule has 0 heteroatoms. The van der Waals surface area contributed by atoms with Crippen molar-refractivity contribution in [3.8, 4) is 0 Å². The van der Waals surface area contributed by atoms with Gasteiger partial charge in [0.25, 0.3) is 0 Å². The van der Waals surface area contributed by atoms with Gasteiger partial charge >= 0.3 is 1.43 Å². The van der Waals surface area contributed by atoms with E-state index in [0.717, 1.165) is 0 Å². The summed E-state index contributed by atoms with van der Waals surface area (Å²) >= 11 is 0. The Morgan fingerprint density at radius 3 is 1.79 bits per heavy atom. The standard InChI is InChI=1S/C14H30/c1-5-9-10-11-13-14(7-3,8-4)12-6-2/h5-13H2,1-4H3/p+1. The normalized spacial score (nSPS) is 12.0. The van der Waals surface area contributed by atoms with Crippen LogP contribution in [0.4, 0.5) is 0 Å². The second-order valence-electron chi connectivity index (χ2n) is 4.77. The number of hydrogen-bond donors (Lipinski definition) is 0. The van der Waals surface area contributed by atoms with Crippen molar-refractivity contribution < 1.29 is 1.43 Å². The molecule has 0 aliphatic heterocycles. The molecular formula is C14H31+. The van der Waals surface area contributed by atoms with Crippen molar-refractivity contribution in [3.63, 3.8) is 0 Å². The van der Waals surface area contributed by atoms with Crippen molar-refractivity contribution in [1.82, 2.24) is 0 Å². The van der Waals surface area contributed by atoms with Crippen molar-refractivity contribution in [2.75, 3.05) is 0 Å². The first-order valence-electron chi connectivity index (χ1n) is 6.74. The lowest BCUT2D eigenvalue weighted by Gasteiger charge is -2.31. The zero-order chi connectivity index (χ0) is 10.9. The number of rotatable bonds is 9. The highest BCUT2D eigenvalue weighted by atomic mass is 14.3. The molecule has 0 saturated carbocycles. The predicted molar refractivity (Wildman–Crippen MR) is 67.8 cm³/mol. The second kappa shape index (κ2) is 8.32. The van der Waals surface area contributed by atoms with E-state index in [9.17, 15) is 0 Å². The molecule has 14 heavy (non-hydrogen) atoms. The maximum absolute atomic E-state index is 2.37. The molecule has 0 saturated heterocycles. The van der Waals surface area contributed by atoms with E-state index < -0.39 is 0 Å². The molecule has 0 aromatic carbocycles. The summed E-state index contributed by atoms with van der Waals surface area (Å²) in [5, 5.41) is 0. The SMILES string of the molecule is CCCCCCC(CC)(CC)CCC.[H+]. The van der Waals surface area contributed by atoms with Crippen LogP contribution in [0.1, 0.15) is 86.9 Å². The fourth-order valence-electron chi connectivity index (χ4n) is 2.54. The van der Waals surface area contributed by atoms with Crippen LogP contribution >= 0.6 is 0 Å². The predicted octanol–water partition coefficient (Wildman–Crippen LogP) is 5.68. The Labute approximate surface area is 93.0 Å². The van der Waals surface area contributed by atoms with Crippen LogP contribution in [0.15, 0.2) is 0 Å². The van der Waals surface area contributed by atoms with E-state index in [1.807, 2.05) is 0 Å². The van der Waals surface area contributed by atoms with Crippen molar-refractivity contribution in [2.24, 2.45) is 5.41 Å². The molecule has 0 nitrogen and oxygen atoms in total. The molecular weight excluding hydrogens is 168 g/mol. The molecule has 0 radical (unpaired) electrons. The molecule has 0 bridgehead atoms. The molecule has 0 aliphatic rings. The topological polar surface area (TPSA) is 0 Å². The third-order valence-electron chi connectivity index (χ3n) is 3.84. The Hall–Kier alpha value is 0. The minimum atomic E-state index is 0. The van der Waals surface area contributed by atoms with Crippen molar-refractivity contribution in [1.29, 1.82) is 0 Å². The van der Waals surface area contributed by atoms with Gasteiger partial charge in [-0.15, -0.1) is 0 Å². The molecule has 0 unspecified atom stereocenters. The number of hydrogen-bond acceptors (Lipinski definition) is 0. The van der Waals surface area contributed by atoms with E-state index >= 15 is 0 Å². The van der Waals surface area contributed by atoms with Crippen LogP contribution in [0.25, 0.3) is 0 Å². The molecule has 0 atom stereocenters. The van der Waals surface area contributed by atoms with E-state index in [2.05, 4.69) is 27.7 Å². The molecule has 0 N–H and O–H groups in total. The molecule has 0 rings (SSSR count). The summed E-state index contributed by atoms with van der Waals surface area (Å²) in [6, 6.07) is 0. The van der Waals surface area contributed by atoms with Gasteiger partial charge in [-0.25, -0.2) is 0 Å². The fourth-order valence-corrected chi connectivity index (χ4v) is 2.54. The summed E-state index contributed by atoms with van der Waals surface area (Å²) < 4.78 is 0. The number of unbranched alkanes of at least 4 members (excludes halogenated alkanes) is 3. The molecule has 0 amide bonds. The maximum atomic E-state index is 2.37. The van der Waals surface area contributed by atoms with Crippen molar-refractivity contribution in [2.45, 2.75) is 85.5 Å². The largest absolute Gasteiger partial charge is 1.00 e. The van der Waals surface area contributed by atoms with E-state index in [1.54, 1.807) is 0 Å². The zero-order valence-electron chi connectivity index (χ0n) is 11.9. The van der Waals surface area contributed by atoms with Crippen molar-refractivity contribution in [3.05, 3.63) is 0 Å². The van der Waals surface area contributed by atoms with Crippen LogP contribution in [0.3, 0.4) is 0 Å². The lowest BCUT2D eigenvalue weighted by Crippen LogP contribution is -2.18. The molecule has 0 aromatic heterocycles. The van der Waals surface area contributed by atoms with E-state index in [0.29, 0.717) is 5.41 Å². The van der Waals surface area contributed by atoms with Gasteiger partial charge in [-0.1, -0.05) is 72.6 Å². The Bertz CT molecular complexity index is 117. The van der Waals surface area contributed by atoms with Crippen LogP contribution in [-0.2, 0) is 0 Å². The molecule has 0 spiro atoms. The minimum Gasteiger partial charge on any atom is -0.0654 e. The van der Waals surface area contributed by atoms with Crippen LogP contribution in [-0.4, -0.2) is 0 Å². The maximum Gasteiger partial charge on any atom is 1.00 e. The third kappa shape index (κ3) is 5.02. The zero-order valence-corrected chi connectivity index (χ0v) is 10.9. The first-order chi connectivity index (χ1) is 6.74. The van der Waals surface area contributed by atoms with Crippen LogP contribution in [0, 0.1) is 5.41 Å². The average Bonchev–Trinajstić information content (AvgIpc) is 2.23. The Kier molecular flexibility index (Phi) is 8.32. The van der Waals surface area contributed by atoms with Gasteiger partial charge < -0.3 is 0 Å². The third-order valence-corrected chi connectivity index (χ3v) is 3.84. The van der Waals surface area contributed by atoms with E-state index in [1.165, 1.54) is 57.8 Å². The van der Waals surface area contributed by atoms with Gasteiger partial charge in [-0.05, 0) is 18.3 Å². The lowest BCUT2D eigenvalue weighted by molar-refractivity contribution is 0.208. The highest BCUT2D eigenvalue weighted by molar-refractivity contribution is 4.75. The van der Waals surface area contributed by atoms with Gasteiger partial charge in [0.1, 0.15) is 0 Å². The summed E-state index contributed by atoms with van der Waals surface area (Å²) in [6.07, 6.45) is 12.7. The first-order valence-corrected chi connectivity index (χ1v) is 6.74. The Balaban J connectivity index is 0. The summed E-state index contributed by atoms with van der Waals surface area (Å²) in [7, 11) is 0. The smallest absolute Gasteiger partial charge is 0.0654 e. The van der Waals surface area contributed by atoms with Crippen LogP contribution in [0.2, 0.25) is 0 Å². The molecule has 0 aliphatic carbocycles. The van der Waals surface area contributed by atoms with Crippen LogP contribution < -0.4 is 0 Å². The molecule has 0 fully saturated rings. The second-order valence-corrected chi connectivity index (χ2v) is 4.77. The van der Waals surface area contributed by atoms with E-state index in [-0.39, 0.29) is 1.43 Å². The minimum absolute atomic E-state index is 0. The first kappa shape index (κ1) is 14.0. The van der Waals surface area contributed by atoms with Gasteiger partial charge in [0.05, 0.1) is 0 Å². The molecule has 0 heterocycles. The highest BCUT2D eigenvalue weighted by Crippen LogP contribution is 2.37. The van der Waals surface area contributed by atoms with Gasteiger partial charge in [0, 0.05) is 0 Å².